The van der Waals surface area contributed by atoms with Crippen molar-refractivity contribution in [1.29, 1.82) is 0 Å². The average molecular weight is 235 g/mol. The lowest BCUT2D eigenvalue weighted by molar-refractivity contribution is 0.281. The molecule has 0 radical (unpaired) electrons. The molecular formula is C12H10FNOS. The Labute approximate surface area is 97.2 Å². The van der Waals surface area contributed by atoms with Gasteiger partial charge in [0.15, 0.2) is 0 Å². The minimum Gasteiger partial charge on any atom is -0.392 e. The van der Waals surface area contributed by atoms with Crippen LogP contribution in [0.1, 0.15) is 5.56 Å². The number of rotatable bonds is 3. The molecule has 0 spiro atoms. The van der Waals surface area contributed by atoms with Crippen LogP contribution in [0.25, 0.3) is 0 Å². The molecule has 1 aromatic carbocycles. The van der Waals surface area contributed by atoms with Gasteiger partial charge in [0.25, 0.3) is 0 Å². The summed E-state index contributed by atoms with van der Waals surface area (Å²) in [5.41, 5.74) is 0.580. The van der Waals surface area contributed by atoms with Gasteiger partial charge in [-0.15, -0.1) is 0 Å². The Morgan fingerprint density at radius 1 is 1.12 bits per heavy atom. The van der Waals surface area contributed by atoms with Gasteiger partial charge in [-0.25, -0.2) is 4.39 Å². The number of halogens is 1. The molecule has 2 nitrogen and oxygen atoms in total. The van der Waals surface area contributed by atoms with Gasteiger partial charge in [0, 0.05) is 22.2 Å². The van der Waals surface area contributed by atoms with Crippen LogP contribution in [0.5, 0.6) is 0 Å². The summed E-state index contributed by atoms with van der Waals surface area (Å²) in [5.74, 6) is -0.330. The predicted octanol–water partition coefficient (Wildman–Crippen LogP) is 2.86. The molecule has 82 valence electrons. The van der Waals surface area contributed by atoms with Crippen LogP contribution in [0.3, 0.4) is 0 Å². The molecular weight excluding hydrogens is 225 g/mol. The molecule has 0 saturated heterocycles. The summed E-state index contributed by atoms with van der Waals surface area (Å²) in [7, 11) is 0. The van der Waals surface area contributed by atoms with E-state index < -0.39 is 0 Å². The molecule has 0 atom stereocenters. The monoisotopic (exact) mass is 235 g/mol. The lowest BCUT2D eigenvalue weighted by atomic mass is 10.2. The number of aliphatic hydroxyl groups excluding tert-OH is 1. The molecule has 0 bridgehead atoms. The van der Waals surface area contributed by atoms with Gasteiger partial charge in [-0.1, -0.05) is 11.8 Å². The standard InChI is InChI=1S/C12H10FNOS/c13-10-5-9(8-15)6-12(7-10)16-11-1-3-14-4-2-11/h1-7,15H,8H2. The van der Waals surface area contributed by atoms with Crippen molar-refractivity contribution in [2.75, 3.05) is 0 Å². The highest BCUT2D eigenvalue weighted by molar-refractivity contribution is 7.99. The van der Waals surface area contributed by atoms with Crippen LogP contribution in [0.4, 0.5) is 4.39 Å². The number of aromatic nitrogens is 1. The zero-order valence-electron chi connectivity index (χ0n) is 8.43. The molecule has 2 aromatic rings. The van der Waals surface area contributed by atoms with Crippen molar-refractivity contribution >= 4 is 11.8 Å². The third-order valence-electron chi connectivity index (χ3n) is 2.00. The molecule has 1 aromatic heterocycles. The van der Waals surface area contributed by atoms with E-state index in [-0.39, 0.29) is 12.4 Å². The summed E-state index contributed by atoms with van der Waals surface area (Å²) in [6.45, 7) is -0.151. The maximum atomic E-state index is 13.2. The molecule has 1 heterocycles. The number of hydrogen-bond donors (Lipinski definition) is 1. The second kappa shape index (κ2) is 5.09. The van der Waals surface area contributed by atoms with Crippen LogP contribution >= 0.6 is 11.8 Å². The fourth-order valence-corrected chi connectivity index (χ4v) is 2.23. The zero-order chi connectivity index (χ0) is 11.4. The van der Waals surface area contributed by atoms with Gasteiger partial charge < -0.3 is 5.11 Å². The predicted molar refractivity (Wildman–Crippen MR) is 60.7 cm³/mol. The smallest absolute Gasteiger partial charge is 0.124 e. The van der Waals surface area contributed by atoms with Crippen molar-refractivity contribution < 1.29 is 9.50 Å². The third kappa shape index (κ3) is 2.81. The summed E-state index contributed by atoms with van der Waals surface area (Å²) in [6.07, 6.45) is 3.38. The van der Waals surface area contributed by atoms with Crippen molar-refractivity contribution in [2.24, 2.45) is 0 Å². The number of benzene rings is 1. The molecule has 0 fully saturated rings. The van der Waals surface area contributed by atoms with E-state index in [1.54, 1.807) is 18.5 Å². The van der Waals surface area contributed by atoms with Crippen molar-refractivity contribution in [3.05, 3.63) is 54.1 Å². The number of nitrogens with zero attached hydrogens (tertiary/aromatic N) is 1. The summed E-state index contributed by atoms with van der Waals surface area (Å²) < 4.78 is 13.2. The SMILES string of the molecule is OCc1cc(F)cc(Sc2ccncc2)c1. The topological polar surface area (TPSA) is 33.1 Å². The number of hydrogen-bond acceptors (Lipinski definition) is 3. The second-order valence-electron chi connectivity index (χ2n) is 3.24. The Balaban J connectivity index is 2.24. The first-order valence-corrected chi connectivity index (χ1v) is 5.58. The molecule has 0 aliphatic rings. The summed E-state index contributed by atoms with van der Waals surface area (Å²) >= 11 is 1.44. The Morgan fingerprint density at radius 3 is 2.56 bits per heavy atom. The molecule has 1 N–H and O–H groups in total. The lowest BCUT2D eigenvalue weighted by Crippen LogP contribution is -1.86. The Morgan fingerprint density at radius 2 is 1.88 bits per heavy atom. The van der Waals surface area contributed by atoms with Crippen LogP contribution in [0, 0.1) is 5.82 Å². The van der Waals surface area contributed by atoms with Gasteiger partial charge in [0.05, 0.1) is 6.61 Å². The van der Waals surface area contributed by atoms with Crippen molar-refractivity contribution in [3.8, 4) is 0 Å². The van der Waals surface area contributed by atoms with Crippen LogP contribution in [-0.2, 0) is 6.61 Å². The molecule has 0 saturated carbocycles. The fraction of sp³-hybridized carbons (Fsp3) is 0.0833. The van der Waals surface area contributed by atoms with Gasteiger partial charge in [-0.3, -0.25) is 4.98 Å². The zero-order valence-corrected chi connectivity index (χ0v) is 9.25. The first-order chi connectivity index (χ1) is 7.78. The van der Waals surface area contributed by atoms with E-state index in [1.807, 2.05) is 12.1 Å². The quantitative estimate of drug-likeness (QED) is 0.888. The Kier molecular flexibility index (Phi) is 3.54. The fourth-order valence-electron chi connectivity index (χ4n) is 1.31. The first kappa shape index (κ1) is 11.1. The summed E-state index contributed by atoms with van der Waals surface area (Å²) in [4.78, 5) is 5.67. The molecule has 16 heavy (non-hydrogen) atoms. The molecule has 0 aliphatic heterocycles. The van der Waals surface area contributed by atoms with E-state index >= 15 is 0 Å². The van der Waals surface area contributed by atoms with Crippen molar-refractivity contribution in [3.63, 3.8) is 0 Å². The Hall–Kier alpha value is -1.39. The molecule has 2 rings (SSSR count). The number of aliphatic hydroxyl groups is 1. The van der Waals surface area contributed by atoms with Crippen LogP contribution in [-0.4, -0.2) is 10.1 Å². The lowest BCUT2D eigenvalue weighted by Gasteiger charge is -2.03. The highest BCUT2D eigenvalue weighted by Gasteiger charge is 2.02. The van der Waals surface area contributed by atoms with Gasteiger partial charge in [-0.2, -0.15) is 0 Å². The normalized spacial score (nSPS) is 10.4. The van der Waals surface area contributed by atoms with Crippen molar-refractivity contribution in [2.45, 2.75) is 16.4 Å². The average Bonchev–Trinajstić information content (AvgIpc) is 2.29. The molecule has 0 amide bonds. The largest absolute Gasteiger partial charge is 0.392 e. The van der Waals surface area contributed by atoms with E-state index in [4.69, 9.17) is 5.11 Å². The van der Waals surface area contributed by atoms with Crippen LogP contribution in [0.15, 0.2) is 52.5 Å². The molecule has 4 heteroatoms. The maximum absolute atomic E-state index is 13.2. The maximum Gasteiger partial charge on any atom is 0.124 e. The van der Waals surface area contributed by atoms with Crippen molar-refractivity contribution in [1.82, 2.24) is 4.98 Å². The molecule has 0 aliphatic carbocycles. The second-order valence-corrected chi connectivity index (χ2v) is 4.39. The first-order valence-electron chi connectivity index (χ1n) is 4.76. The number of pyridine rings is 1. The minimum absolute atomic E-state index is 0.151. The summed E-state index contributed by atoms with van der Waals surface area (Å²) in [5, 5.41) is 8.97. The van der Waals surface area contributed by atoms with E-state index in [9.17, 15) is 4.39 Å². The van der Waals surface area contributed by atoms with Gasteiger partial charge in [0.1, 0.15) is 5.82 Å². The van der Waals surface area contributed by atoms with Crippen LogP contribution in [0.2, 0.25) is 0 Å². The van der Waals surface area contributed by atoms with Gasteiger partial charge in [0.2, 0.25) is 0 Å². The van der Waals surface area contributed by atoms with Crippen LogP contribution < -0.4 is 0 Å². The third-order valence-corrected chi connectivity index (χ3v) is 2.98. The van der Waals surface area contributed by atoms with E-state index in [0.29, 0.717) is 5.56 Å². The van der Waals surface area contributed by atoms with Gasteiger partial charge in [-0.05, 0) is 35.9 Å². The van der Waals surface area contributed by atoms with E-state index in [2.05, 4.69) is 4.98 Å². The highest BCUT2D eigenvalue weighted by Crippen LogP contribution is 2.28. The molecule has 0 unspecified atom stereocenters. The van der Waals surface area contributed by atoms with Gasteiger partial charge >= 0.3 is 0 Å². The van der Waals surface area contributed by atoms with E-state index in [1.165, 1.54) is 23.9 Å². The minimum atomic E-state index is -0.330. The van der Waals surface area contributed by atoms with E-state index in [0.717, 1.165) is 9.79 Å². The Bertz CT molecular complexity index is 476. The highest BCUT2D eigenvalue weighted by atomic mass is 32.2. The summed E-state index contributed by atoms with van der Waals surface area (Å²) in [6, 6.07) is 8.26.